The summed E-state index contributed by atoms with van der Waals surface area (Å²) in [6.45, 7) is 2.53. The average molecular weight is 337 g/mol. The first-order chi connectivity index (χ1) is 11.6. The highest BCUT2D eigenvalue weighted by Gasteiger charge is 2.47. The summed E-state index contributed by atoms with van der Waals surface area (Å²) >= 11 is 0. The molecule has 2 aliphatic heterocycles. The van der Waals surface area contributed by atoms with Gasteiger partial charge in [-0.1, -0.05) is 0 Å². The lowest BCUT2D eigenvalue weighted by Gasteiger charge is -2.50. The van der Waals surface area contributed by atoms with Crippen LogP contribution in [0.4, 0.5) is 4.39 Å². The summed E-state index contributed by atoms with van der Waals surface area (Å²) < 4.78 is 30.2. The molecule has 0 aromatic heterocycles. The number of rotatable bonds is 4. The zero-order chi connectivity index (χ0) is 17.2. The van der Waals surface area contributed by atoms with Crippen LogP contribution in [0, 0.1) is 11.2 Å². The van der Waals surface area contributed by atoms with E-state index in [0.717, 1.165) is 25.9 Å². The Balaban J connectivity index is 1.79. The summed E-state index contributed by atoms with van der Waals surface area (Å²) in [6, 6.07) is 4.34. The van der Waals surface area contributed by atoms with Crippen molar-refractivity contribution >= 4 is 5.91 Å². The number of carbonyl (C=O) groups is 1. The Morgan fingerprint density at radius 2 is 2.29 bits per heavy atom. The van der Waals surface area contributed by atoms with Gasteiger partial charge in [-0.05, 0) is 37.5 Å². The van der Waals surface area contributed by atoms with Crippen molar-refractivity contribution in [2.45, 2.75) is 25.4 Å². The molecule has 1 aromatic rings. The molecule has 0 saturated carbocycles. The van der Waals surface area contributed by atoms with Crippen LogP contribution in [0.15, 0.2) is 18.2 Å². The van der Waals surface area contributed by atoms with Crippen LogP contribution < -0.4 is 4.74 Å². The van der Waals surface area contributed by atoms with E-state index >= 15 is 0 Å². The van der Waals surface area contributed by atoms with Crippen LogP contribution in [0.25, 0.3) is 0 Å². The molecule has 2 heterocycles. The number of hydrogen-bond donors (Lipinski definition) is 0. The molecule has 0 bridgehead atoms. The molecule has 1 amide bonds. The minimum atomic E-state index is -0.522. The number of amides is 1. The standard InChI is InChI=1S/C18H24FNO4/c1-22-12-18-7-3-9-24-16(18)6-8-20(11-18)17(21)13-4-5-15(23-2)14(19)10-13/h4-5,10,16H,3,6-9,11-12H2,1-2H3/t16-,18-/m0/s1. The fourth-order valence-corrected chi connectivity index (χ4v) is 3.94. The Kier molecular flexibility index (Phi) is 5.06. The number of halogens is 1. The van der Waals surface area contributed by atoms with Crippen LogP contribution in [0.2, 0.25) is 0 Å². The molecule has 0 N–H and O–H groups in total. The number of likely N-dealkylation sites (tertiary alicyclic amines) is 1. The summed E-state index contributed by atoms with van der Waals surface area (Å²) in [5.41, 5.74) is 0.183. The first-order valence-corrected chi connectivity index (χ1v) is 8.33. The molecule has 2 atom stereocenters. The van der Waals surface area contributed by atoms with E-state index in [-0.39, 0.29) is 23.2 Å². The maximum absolute atomic E-state index is 13.9. The molecular formula is C18H24FNO4. The third kappa shape index (κ3) is 3.13. The second-order valence-electron chi connectivity index (χ2n) is 6.62. The second kappa shape index (κ2) is 7.07. The van der Waals surface area contributed by atoms with Gasteiger partial charge >= 0.3 is 0 Å². The smallest absolute Gasteiger partial charge is 0.253 e. The van der Waals surface area contributed by atoms with Crippen molar-refractivity contribution < 1.29 is 23.4 Å². The number of benzene rings is 1. The zero-order valence-corrected chi connectivity index (χ0v) is 14.2. The zero-order valence-electron chi connectivity index (χ0n) is 14.2. The molecule has 132 valence electrons. The summed E-state index contributed by atoms with van der Waals surface area (Å²) in [6.07, 6.45) is 2.86. The van der Waals surface area contributed by atoms with Gasteiger partial charge in [0.15, 0.2) is 11.6 Å². The predicted molar refractivity (Wildman–Crippen MR) is 86.8 cm³/mol. The molecule has 6 heteroatoms. The Bertz CT molecular complexity index is 605. The quantitative estimate of drug-likeness (QED) is 0.847. The molecule has 1 aromatic carbocycles. The molecule has 5 nitrogen and oxygen atoms in total. The van der Waals surface area contributed by atoms with E-state index in [0.29, 0.717) is 25.3 Å². The highest BCUT2D eigenvalue weighted by atomic mass is 19.1. The maximum atomic E-state index is 13.9. The average Bonchev–Trinajstić information content (AvgIpc) is 2.60. The van der Waals surface area contributed by atoms with Crippen LogP contribution in [-0.4, -0.2) is 57.4 Å². The number of carbonyl (C=O) groups excluding carboxylic acids is 1. The van der Waals surface area contributed by atoms with Crippen molar-refractivity contribution in [1.29, 1.82) is 0 Å². The summed E-state index contributed by atoms with van der Waals surface area (Å²) in [5, 5.41) is 0. The predicted octanol–water partition coefficient (Wildman–Crippen LogP) is 2.49. The highest BCUT2D eigenvalue weighted by molar-refractivity contribution is 5.94. The van der Waals surface area contributed by atoms with Gasteiger partial charge < -0.3 is 19.1 Å². The SMILES string of the molecule is COC[C@@]12CCCO[C@H]1CCN(C(=O)c1ccc(OC)c(F)c1)C2. The lowest BCUT2D eigenvalue weighted by atomic mass is 9.73. The third-order valence-corrected chi connectivity index (χ3v) is 5.11. The Labute approximate surface area is 141 Å². The lowest BCUT2D eigenvalue weighted by Crippen LogP contribution is -2.58. The van der Waals surface area contributed by atoms with Gasteiger partial charge in [-0.15, -0.1) is 0 Å². The number of hydrogen-bond acceptors (Lipinski definition) is 4. The number of piperidine rings is 1. The number of methoxy groups -OCH3 is 2. The summed E-state index contributed by atoms with van der Waals surface area (Å²) in [4.78, 5) is 14.6. The highest BCUT2D eigenvalue weighted by Crippen LogP contribution is 2.40. The first-order valence-electron chi connectivity index (χ1n) is 8.33. The molecular weight excluding hydrogens is 313 g/mol. The number of fused-ring (bicyclic) bond motifs is 1. The third-order valence-electron chi connectivity index (χ3n) is 5.11. The summed E-state index contributed by atoms with van der Waals surface area (Å²) in [5.74, 6) is -0.538. The molecule has 24 heavy (non-hydrogen) atoms. The monoisotopic (exact) mass is 337 g/mol. The molecule has 0 aliphatic carbocycles. The number of nitrogens with zero attached hydrogens (tertiary/aromatic N) is 1. The fourth-order valence-electron chi connectivity index (χ4n) is 3.94. The molecule has 3 rings (SSSR count). The molecule has 2 saturated heterocycles. The molecule has 2 fully saturated rings. The Morgan fingerprint density at radius 1 is 1.46 bits per heavy atom. The normalized spacial score (nSPS) is 26.8. The van der Waals surface area contributed by atoms with Crippen molar-refractivity contribution in [3.8, 4) is 5.75 Å². The van der Waals surface area contributed by atoms with Gasteiger partial charge in [0.1, 0.15) is 0 Å². The van der Waals surface area contributed by atoms with E-state index in [9.17, 15) is 9.18 Å². The van der Waals surface area contributed by atoms with Gasteiger partial charge in [0.05, 0.1) is 19.8 Å². The fraction of sp³-hybridized carbons (Fsp3) is 0.611. The molecule has 0 radical (unpaired) electrons. The van der Waals surface area contributed by atoms with Gasteiger partial charge in [0, 0.05) is 37.8 Å². The lowest BCUT2D eigenvalue weighted by molar-refractivity contribution is -0.142. The van der Waals surface area contributed by atoms with Gasteiger partial charge in [-0.2, -0.15) is 0 Å². The molecule has 0 unspecified atom stereocenters. The topological polar surface area (TPSA) is 48.0 Å². The van der Waals surface area contributed by atoms with Gasteiger partial charge in [0.25, 0.3) is 5.91 Å². The van der Waals surface area contributed by atoms with Crippen LogP contribution in [0.3, 0.4) is 0 Å². The first kappa shape index (κ1) is 17.2. The number of ether oxygens (including phenoxy) is 3. The molecule has 0 spiro atoms. The van der Waals surface area contributed by atoms with Gasteiger partial charge in [-0.25, -0.2) is 4.39 Å². The van der Waals surface area contributed by atoms with E-state index in [4.69, 9.17) is 14.2 Å². The van der Waals surface area contributed by atoms with E-state index in [2.05, 4.69) is 0 Å². The van der Waals surface area contributed by atoms with E-state index in [1.807, 2.05) is 0 Å². The Hall–Kier alpha value is -1.66. The van der Waals surface area contributed by atoms with Crippen molar-refractivity contribution in [1.82, 2.24) is 4.90 Å². The van der Waals surface area contributed by atoms with Crippen molar-refractivity contribution in [2.24, 2.45) is 5.41 Å². The second-order valence-corrected chi connectivity index (χ2v) is 6.62. The largest absolute Gasteiger partial charge is 0.494 e. The maximum Gasteiger partial charge on any atom is 0.253 e. The van der Waals surface area contributed by atoms with Crippen LogP contribution in [0.1, 0.15) is 29.6 Å². The van der Waals surface area contributed by atoms with Gasteiger partial charge in [0.2, 0.25) is 0 Å². The Morgan fingerprint density at radius 3 is 3.00 bits per heavy atom. The van der Waals surface area contributed by atoms with E-state index in [1.54, 1.807) is 18.1 Å². The van der Waals surface area contributed by atoms with Crippen molar-refractivity contribution in [3.63, 3.8) is 0 Å². The van der Waals surface area contributed by atoms with Crippen molar-refractivity contribution in [2.75, 3.05) is 40.5 Å². The van der Waals surface area contributed by atoms with Crippen LogP contribution >= 0.6 is 0 Å². The minimum absolute atomic E-state index is 0.128. The molecule has 2 aliphatic rings. The van der Waals surface area contributed by atoms with Gasteiger partial charge in [-0.3, -0.25) is 4.79 Å². The van der Waals surface area contributed by atoms with E-state index < -0.39 is 5.82 Å². The van der Waals surface area contributed by atoms with Crippen molar-refractivity contribution in [3.05, 3.63) is 29.6 Å². The minimum Gasteiger partial charge on any atom is -0.494 e. The van der Waals surface area contributed by atoms with E-state index in [1.165, 1.54) is 19.2 Å². The summed E-state index contributed by atoms with van der Waals surface area (Å²) in [7, 11) is 3.09. The van der Waals surface area contributed by atoms with Crippen LogP contribution in [-0.2, 0) is 9.47 Å². The van der Waals surface area contributed by atoms with Crippen LogP contribution in [0.5, 0.6) is 5.75 Å².